The van der Waals surface area contributed by atoms with E-state index >= 15 is 0 Å². The Bertz CT molecular complexity index is 360. The average molecular weight is 363 g/mol. The topological polar surface area (TPSA) is 0 Å². The third-order valence-corrected chi connectivity index (χ3v) is 5.66. The second-order valence-corrected chi connectivity index (χ2v) is 9.56. The minimum atomic E-state index is -1.90. The summed E-state index contributed by atoms with van der Waals surface area (Å²) in [5, 5.41) is 1.00. The van der Waals surface area contributed by atoms with Crippen molar-refractivity contribution in [2.45, 2.75) is 6.04 Å². The van der Waals surface area contributed by atoms with E-state index in [1.165, 1.54) is 0 Å². The lowest BCUT2D eigenvalue weighted by Gasteiger charge is -2.12. The van der Waals surface area contributed by atoms with Gasteiger partial charge >= 0.3 is 0 Å². The van der Waals surface area contributed by atoms with E-state index < -0.39 is 7.42 Å². The Morgan fingerprint density at radius 2 is 1.00 bits per heavy atom. The zero-order valence-corrected chi connectivity index (χ0v) is 13.4. The van der Waals surface area contributed by atoms with E-state index in [2.05, 4.69) is 0 Å². The monoisotopic (exact) mass is 360 g/mol. The van der Waals surface area contributed by atoms with Crippen LogP contribution in [0.15, 0.2) is 0 Å². The standard InChI is InChI=1S/C7H3Cl7Si/c8-3-2(1-15(13)14)4(9)6(11)7(12)5(3)10/h15H,1H2. The average Bonchev–Trinajstić information content (AvgIpc) is 2.18. The first-order valence-corrected chi connectivity index (χ1v) is 9.84. The second kappa shape index (κ2) is 5.88. The summed E-state index contributed by atoms with van der Waals surface area (Å²) in [6, 6.07) is 0.386. The highest BCUT2D eigenvalue weighted by atomic mass is 35.7. The predicted molar refractivity (Wildman–Crippen MR) is 74.1 cm³/mol. The molecule has 15 heavy (non-hydrogen) atoms. The molecule has 0 aliphatic heterocycles. The molecule has 0 spiro atoms. The van der Waals surface area contributed by atoms with Crippen LogP contribution in [-0.4, -0.2) is 7.42 Å². The molecule has 1 aromatic rings. The highest BCUT2D eigenvalue weighted by molar-refractivity contribution is 7.33. The SMILES string of the molecule is Clc1c(Cl)c(Cl)c(C[SiH](Cl)Cl)c(Cl)c1Cl. The zero-order valence-electron chi connectivity index (χ0n) is 6.93. The summed E-state index contributed by atoms with van der Waals surface area (Å²) in [6.45, 7) is 0. The Labute approximate surface area is 123 Å². The van der Waals surface area contributed by atoms with E-state index in [0.717, 1.165) is 0 Å². The maximum absolute atomic E-state index is 5.97. The van der Waals surface area contributed by atoms with Gasteiger partial charge in [-0.15, -0.1) is 22.2 Å². The van der Waals surface area contributed by atoms with Gasteiger partial charge in [-0.2, -0.15) is 0 Å². The Morgan fingerprint density at radius 1 is 0.667 bits per heavy atom. The summed E-state index contributed by atoms with van der Waals surface area (Å²) < 4.78 is 0. The first-order chi connectivity index (χ1) is 6.86. The lowest BCUT2D eigenvalue weighted by molar-refractivity contribution is 1.39. The van der Waals surface area contributed by atoms with Crippen LogP contribution in [-0.2, 0) is 6.04 Å². The molecule has 0 nitrogen and oxygen atoms in total. The quantitative estimate of drug-likeness (QED) is 0.272. The van der Waals surface area contributed by atoms with Crippen molar-refractivity contribution in [2.24, 2.45) is 0 Å². The summed E-state index contributed by atoms with van der Waals surface area (Å²) >= 11 is 41.0. The third kappa shape index (κ3) is 3.23. The van der Waals surface area contributed by atoms with Crippen LogP contribution < -0.4 is 0 Å². The van der Waals surface area contributed by atoms with Gasteiger partial charge in [-0.05, 0) is 11.6 Å². The molecule has 8 heteroatoms. The summed E-state index contributed by atoms with van der Waals surface area (Å²) in [6.07, 6.45) is 0. The van der Waals surface area contributed by atoms with Gasteiger partial charge in [-0.25, -0.2) is 0 Å². The molecular weight excluding hydrogens is 360 g/mol. The van der Waals surface area contributed by atoms with Crippen LogP contribution in [0, 0.1) is 0 Å². The smallest absolute Gasteiger partial charge is 0.150 e. The summed E-state index contributed by atoms with van der Waals surface area (Å²) in [4.78, 5) is 0. The van der Waals surface area contributed by atoms with Gasteiger partial charge in [0.25, 0.3) is 0 Å². The van der Waals surface area contributed by atoms with Gasteiger partial charge in [0.1, 0.15) is 0 Å². The molecule has 0 unspecified atom stereocenters. The lowest BCUT2D eigenvalue weighted by Crippen LogP contribution is -2.02. The number of benzene rings is 1. The molecule has 0 N–H and O–H groups in total. The van der Waals surface area contributed by atoms with Crippen LogP contribution >= 0.6 is 80.2 Å². The first kappa shape index (κ1) is 14.5. The van der Waals surface area contributed by atoms with E-state index in [0.29, 0.717) is 11.6 Å². The van der Waals surface area contributed by atoms with Crippen LogP contribution in [0.1, 0.15) is 5.56 Å². The van der Waals surface area contributed by atoms with Crippen molar-refractivity contribution in [1.29, 1.82) is 0 Å². The number of halogens is 7. The van der Waals surface area contributed by atoms with Crippen molar-refractivity contribution in [2.75, 3.05) is 0 Å². The molecular formula is C7H3Cl7Si. The third-order valence-electron chi connectivity index (χ3n) is 1.66. The van der Waals surface area contributed by atoms with E-state index in [9.17, 15) is 0 Å². The molecule has 0 bridgehead atoms. The van der Waals surface area contributed by atoms with Crippen molar-refractivity contribution in [3.8, 4) is 0 Å². The van der Waals surface area contributed by atoms with Gasteiger partial charge in [-0.1, -0.05) is 58.0 Å². The molecule has 0 saturated carbocycles. The molecule has 0 heterocycles. The Hall–Kier alpha value is 1.47. The normalized spacial score (nSPS) is 11.2. The van der Waals surface area contributed by atoms with Crippen LogP contribution in [0.5, 0.6) is 0 Å². The molecule has 0 fully saturated rings. The van der Waals surface area contributed by atoms with Crippen LogP contribution in [0.3, 0.4) is 0 Å². The highest BCUT2D eigenvalue weighted by Gasteiger charge is 2.20. The molecule has 0 aromatic heterocycles. The van der Waals surface area contributed by atoms with E-state index in [1.807, 2.05) is 0 Å². The molecule has 0 aliphatic rings. The van der Waals surface area contributed by atoms with Gasteiger partial charge in [0.2, 0.25) is 7.42 Å². The molecule has 1 aromatic carbocycles. The molecule has 0 aliphatic carbocycles. The minimum Gasteiger partial charge on any atom is -0.150 e. The van der Waals surface area contributed by atoms with Crippen molar-refractivity contribution in [3.05, 3.63) is 30.7 Å². The maximum Gasteiger partial charge on any atom is 0.241 e. The fourth-order valence-electron chi connectivity index (χ4n) is 0.984. The fraction of sp³-hybridized carbons (Fsp3) is 0.143. The maximum atomic E-state index is 5.97. The van der Waals surface area contributed by atoms with E-state index in [-0.39, 0.29) is 25.1 Å². The van der Waals surface area contributed by atoms with E-state index in [1.54, 1.807) is 0 Å². The Balaban J connectivity index is 3.39. The van der Waals surface area contributed by atoms with Crippen LogP contribution in [0.25, 0.3) is 0 Å². The largest absolute Gasteiger partial charge is 0.241 e. The van der Waals surface area contributed by atoms with Gasteiger partial charge in [0, 0.05) is 0 Å². The number of hydrogen-bond donors (Lipinski definition) is 0. The van der Waals surface area contributed by atoms with Crippen molar-refractivity contribution in [3.63, 3.8) is 0 Å². The van der Waals surface area contributed by atoms with Gasteiger partial charge in [0.15, 0.2) is 0 Å². The fourth-order valence-corrected chi connectivity index (χ4v) is 4.22. The van der Waals surface area contributed by atoms with Gasteiger partial charge in [0.05, 0.1) is 25.1 Å². The van der Waals surface area contributed by atoms with Gasteiger partial charge < -0.3 is 0 Å². The molecule has 1 rings (SSSR count). The molecule has 84 valence electrons. The van der Waals surface area contributed by atoms with Crippen molar-refractivity contribution in [1.82, 2.24) is 0 Å². The van der Waals surface area contributed by atoms with Crippen molar-refractivity contribution >= 4 is 87.6 Å². The minimum absolute atomic E-state index is 0.138. The van der Waals surface area contributed by atoms with Crippen LogP contribution in [0.4, 0.5) is 0 Å². The molecule has 0 radical (unpaired) electrons. The molecule has 0 amide bonds. The zero-order chi connectivity index (χ0) is 11.7. The summed E-state index contributed by atoms with van der Waals surface area (Å²) in [7, 11) is -1.90. The predicted octanol–water partition coefficient (Wildman–Crippen LogP) is 5.73. The number of hydrogen-bond acceptors (Lipinski definition) is 0. The van der Waals surface area contributed by atoms with E-state index in [4.69, 9.17) is 80.2 Å². The molecule has 0 saturated heterocycles. The summed E-state index contributed by atoms with van der Waals surface area (Å²) in [5.74, 6) is 0. The Morgan fingerprint density at radius 3 is 1.33 bits per heavy atom. The second-order valence-electron chi connectivity index (χ2n) is 2.64. The van der Waals surface area contributed by atoms with Gasteiger partial charge in [-0.3, -0.25) is 0 Å². The highest BCUT2D eigenvalue weighted by Crippen LogP contribution is 2.44. The van der Waals surface area contributed by atoms with Crippen LogP contribution in [0.2, 0.25) is 25.1 Å². The number of rotatable bonds is 2. The Kier molecular flexibility index (Phi) is 5.69. The van der Waals surface area contributed by atoms with Crippen molar-refractivity contribution < 1.29 is 0 Å². The summed E-state index contributed by atoms with van der Waals surface area (Å²) in [5.41, 5.74) is 0.555. The molecule has 0 atom stereocenters. The first-order valence-electron chi connectivity index (χ1n) is 3.64. The lowest BCUT2D eigenvalue weighted by atomic mass is 10.2.